The van der Waals surface area contributed by atoms with Gasteiger partial charge in [-0.25, -0.2) is 4.79 Å². The van der Waals surface area contributed by atoms with E-state index in [9.17, 15) is 4.79 Å². The molecule has 0 bridgehead atoms. The van der Waals surface area contributed by atoms with E-state index in [1.165, 1.54) is 18.2 Å². The third kappa shape index (κ3) is 1.40. The molecule has 0 atom stereocenters. The summed E-state index contributed by atoms with van der Waals surface area (Å²) in [4.78, 5) is 12.2. The van der Waals surface area contributed by atoms with Gasteiger partial charge in [-0.05, 0) is 31.0 Å². The highest BCUT2D eigenvalue weighted by molar-refractivity contribution is 5.83. The largest absolute Gasteiger partial charge is 0.423 e. The van der Waals surface area contributed by atoms with Crippen LogP contribution in [0.5, 0.6) is 0 Å². The second kappa shape index (κ2) is 3.37. The van der Waals surface area contributed by atoms with Crippen molar-refractivity contribution >= 4 is 16.7 Å². The number of aryl methyl sites for hydroxylation is 1. The van der Waals surface area contributed by atoms with E-state index in [0.717, 1.165) is 4.90 Å². The summed E-state index contributed by atoms with van der Waals surface area (Å²) in [7, 11) is 0. The van der Waals surface area contributed by atoms with Crippen LogP contribution in [0, 0.1) is 6.92 Å². The summed E-state index contributed by atoms with van der Waals surface area (Å²) in [6, 6.07) is 5.78. The predicted octanol–water partition coefficient (Wildman–Crippen LogP) is 2.31. The first-order chi connectivity index (χ1) is 10.00. The minimum Gasteiger partial charge on any atom is -0.423 e. The van der Waals surface area contributed by atoms with E-state index in [0.29, 0.717) is 10.9 Å². The second-order valence-corrected chi connectivity index (χ2v) is 3.61. The number of hydrogen-bond acceptors (Lipinski definition) is 3. The van der Waals surface area contributed by atoms with Crippen LogP contribution in [0.2, 0.25) is 0 Å². The van der Waals surface area contributed by atoms with Crippen LogP contribution in [-0.2, 0) is 0 Å². The Kier molecular flexibility index (Phi) is 1.06. The van der Waals surface area contributed by atoms with E-state index >= 15 is 0 Å². The Morgan fingerprint density at radius 1 is 1.38 bits per heavy atom. The van der Waals surface area contributed by atoms with Gasteiger partial charge in [0.25, 0.3) is 0 Å². The minimum absolute atomic E-state index is 0.117. The van der Waals surface area contributed by atoms with Crippen molar-refractivity contribution < 1.29 is 12.6 Å². The Morgan fingerprint density at radius 2 is 2.19 bits per heavy atom. The van der Waals surface area contributed by atoms with Crippen molar-refractivity contribution in [2.75, 3.05) is 17.9 Å². The lowest BCUT2D eigenvalue weighted by Gasteiger charge is -2.33. The van der Waals surface area contributed by atoms with Crippen molar-refractivity contribution in [3.63, 3.8) is 0 Å². The van der Waals surface area contributed by atoms with Gasteiger partial charge in [0.05, 0.1) is 0 Å². The van der Waals surface area contributed by atoms with Gasteiger partial charge in [-0.2, -0.15) is 0 Å². The summed E-state index contributed by atoms with van der Waals surface area (Å²) < 4.78 is 51.4. The monoisotopic (exact) mass is 221 g/mol. The first-order valence-corrected chi connectivity index (χ1v) is 4.85. The molecule has 0 N–H and O–H groups in total. The molecule has 1 aromatic carbocycles. The van der Waals surface area contributed by atoms with Crippen LogP contribution in [-0.4, -0.2) is 13.0 Å². The fourth-order valence-electron chi connectivity index (χ4n) is 1.69. The topological polar surface area (TPSA) is 33.5 Å². The molecule has 0 saturated carbocycles. The van der Waals surface area contributed by atoms with Gasteiger partial charge >= 0.3 is 5.63 Å². The Hall–Kier alpha value is -1.77. The molecule has 1 saturated heterocycles. The zero-order chi connectivity index (χ0) is 16.5. The first-order valence-electron chi connectivity index (χ1n) is 7.85. The van der Waals surface area contributed by atoms with Crippen LogP contribution in [0.4, 0.5) is 5.69 Å². The van der Waals surface area contributed by atoms with Crippen LogP contribution in [0.3, 0.4) is 0 Å². The highest BCUT2D eigenvalue weighted by Crippen LogP contribution is 2.26. The molecule has 16 heavy (non-hydrogen) atoms. The van der Waals surface area contributed by atoms with Gasteiger partial charge in [-0.1, -0.05) is 0 Å². The Balaban J connectivity index is 2.18. The summed E-state index contributed by atoms with van der Waals surface area (Å²) in [5.41, 5.74) is 0.475. The summed E-state index contributed by atoms with van der Waals surface area (Å²) in [6.07, 6.45) is -2.65. The van der Waals surface area contributed by atoms with Crippen LogP contribution < -0.4 is 10.5 Å². The molecule has 3 nitrogen and oxygen atoms in total. The van der Waals surface area contributed by atoms with E-state index in [1.54, 1.807) is 13.0 Å². The summed E-state index contributed by atoms with van der Waals surface area (Å²) in [5, 5.41) is 0.660. The molecule has 0 spiro atoms. The van der Waals surface area contributed by atoms with Gasteiger partial charge in [0.1, 0.15) is 5.58 Å². The number of hydrogen-bond donors (Lipinski definition) is 0. The van der Waals surface area contributed by atoms with Gasteiger partial charge < -0.3 is 9.32 Å². The SMILES string of the molecule is [2H]C1([2H])N(c2ccc3c(C)cc(=O)oc3c2)C([2H])([2H])C1([2H])[2H]. The molecule has 3 heteroatoms. The van der Waals surface area contributed by atoms with Gasteiger partial charge in [-0.3, -0.25) is 0 Å². The second-order valence-electron chi connectivity index (χ2n) is 3.61. The Labute approximate surface area is 102 Å². The lowest BCUT2D eigenvalue weighted by molar-refractivity contribution is 0.558. The number of rotatable bonds is 1. The first kappa shape index (κ1) is 5.04. The zero-order valence-electron chi connectivity index (χ0n) is 14.6. The normalized spacial score (nSPS) is 30.2. The molecule has 82 valence electrons. The molecule has 1 aliphatic rings. The molecule has 2 heterocycles. The van der Waals surface area contributed by atoms with E-state index in [-0.39, 0.29) is 11.3 Å². The van der Waals surface area contributed by atoms with Gasteiger partial charge in [0.15, 0.2) is 0 Å². The standard InChI is InChI=1S/C13H13NO2/c1-9-7-13(15)16-12-8-10(3-4-11(9)12)14-5-2-6-14/h3-4,7-8H,2,5-6H2,1H3/i2D2,5D2,6D2. The fourth-order valence-corrected chi connectivity index (χ4v) is 1.69. The summed E-state index contributed by atoms with van der Waals surface area (Å²) >= 11 is 0. The highest BCUT2D eigenvalue weighted by atomic mass is 16.4. The average molecular weight is 221 g/mol. The molecule has 1 aromatic heterocycles. The smallest absolute Gasteiger partial charge is 0.336 e. The third-order valence-electron chi connectivity index (χ3n) is 2.53. The van der Waals surface area contributed by atoms with Crippen LogP contribution in [0.1, 0.15) is 20.2 Å². The molecule has 0 unspecified atom stereocenters. The molecule has 0 amide bonds. The van der Waals surface area contributed by atoms with E-state index in [1.807, 2.05) is 0 Å². The van der Waals surface area contributed by atoms with Crippen molar-refractivity contribution in [1.29, 1.82) is 0 Å². The Morgan fingerprint density at radius 3 is 3.00 bits per heavy atom. The lowest BCUT2D eigenvalue weighted by Crippen LogP contribution is -2.36. The molecule has 0 aliphatic carbocycles. The Bertz CT molecular complexity index is 811. The van der Waals surface area contributed by atoms with E-state index in [4.69, 9.17) is 12.6 Å². The van der Waals surface area contributed by atoms with E-state index < -0.39 is 25.0 Å². The lowest BCUT2D eigenvalue weighted by atomic mass is 10.1. The van der Waals surface area contributed by atoms with E-state index in [2.05, 4.69) is 0 Å². The van der Waals surface area contributed by atoms with Crippen molar-refractivity contribution in [2.45, 2.75) is 13.3 Å². The summed E-state index contributed by atoms with van der Waals surface area (Å²) in [6.45, 7) is -3.28. The number of benzene rings is 1. The van der Waals surface area contributed by atoms with Crippen LogP contribution >= 0.6 is 0 Å². The van der Waals surface area contributed by atoms with Gasteiger partial charge in [-0.15, -0.1) is 0 Å². The van der Waals surface area contributed by atoms with Crippen LogP contribution in [0.15, 0.2) is 33.5 Å². The van der Waals surface area contributed by atoms with Crippen molar-refractivity contribution in [3.8, 4) is 0 Å². The molecule has 1 aliphatic heterocycles. The molecule has 0 radical (unpaired) electrons. The van der Waals surface area contributed by atoms with Gasteiger partial charge in [0.2, 0.25) is 0 Å². The van der Waals surface area contributed by atoms with Crippen molar-refractivity contribution in [1.82, 2.24) is 0 Å². The van der Waals surface area contributed by atoms with Gasteiger partial charge in [0, 0.05) is 44.4 Å². The number of fused-ring (bicyclic) bond motifs is 1. The molecular weight excluding hydrogens is 202 g/mol. The number of anilines is 1. The average Bonchev–Trinajstić information content (AvgIpc) is 2.36. The predicted molar refractivity (Wildman–Crippen MR) is 64.1 cm³/mol. The molecule has 2 aromatic rings. The van der Waals surface area contributed by atoms with Crippen molar-refractivity contribution in [3.05, 3.63) is 40.2 Å². The third-order valence-corrected chi connectivity index (χ3v) is 2.53. The fraction of sp³-hybridized carbons (Fsp3) is 0.308. The summed E-state index contributed by atoms with van der Waals surface area (Å²) in [5.74, 6) is 0. The quantitative estimate of drug-likeness (QED) is 0.693. The molecular formula is C13H13NO2. The maximum atomic E-state index is 11.4. The molecule has 3 rings (SSSR count). The highest BCUT2D eigenvalue weighted by Gasteiger charge is 2.15. The minimum atomic E-state index is -2.65. The maximum absolute atomic E-state index is 11.4. The number of nitrogens with zero attached hydrogens (tertiary/aromatic N) is 1. The van der Waals surface area contributed by atoms with Crippen LogP contribution in [0.25, 0.3) is 11.0 Å². The molecule has 1 fully saturated rings. The zero-order valence-corrected chi connectivity index (χ0v) is 8.57. The maximum Gasteiger partial charge on any atom is 0.336 e. The van der Waals surface area contributed by atoms with Crippen molar-refractivity contribution in [2.24, 2.45) is 0 Å².